The van der Waals surface area contributed by atoms with Crippen LogP contribution in [0.15, 0.2) is 16.7 Å². The van der Waals surface area contributed by atoms with Gasteiger partial charge in [0.2, 0.25) is 16.0 Å². The van der Waals surface area contributed by atoms with Gasteiger partial charge in [-0.25, -0.2) is 13.4 Å². The van der Waals surface area contributed by atoms with Gasteiger partial charge in [-0.2, -0.15) is 0 Å². The number of aromatic amines is 1. The first-order chi connectivity index (χ1) is 12.2. The molecule has 2 heterocycles. The van der Waals surface area contributed by atoms with E-state index in [9.17, 15) is 8.42 Å². The minimum atomic E-state index is -3.45. The highest BCUT2D eigenvalue weighted by Crippen LogP contribution is 2.31. The summed E-state index contributed by atoms with van der Waals surface area (Å²) in [5.74, 6) is 0.962. The molecule has 0 aliphatic carbocycles. The van der Waals surface area contributed by atoms with E-state index in [1.54, 1.807) is 13.8 Å². The maximum absolute atomic E-state index is 12.0. The Balaban J connectivity index is 0.00000117. The van der Waals surface area contributed by atoms with E-state index in [1.807, 2.05) is 46.8 Å². The van der Waals surface area contributed by atoms with Crippen LogP contribution < -0.4 is 4.72 Å². The SMILES string of the molecule is CC.Cc1noc(C)c1-c1cc(C)c2nc(NS(=O)(=O)C(C)C)[nH]c2c1. The summed E-state index contributed by atoms with van der Waals surface area (Å²) in [6.45, 7) is 12.9. The number of fused-ring (bicyclic) bond motifs is 1. The maximum Gasteiger partial charge on any atom is 0.237 e. The molecular formula is C18H26N4O3S. The van der Waals surface area contributed by atoms with Crippen molar-refractivity contribution >= 4 is 27.0 Å². The zero-order chi connectivity index (χ0) is 19.6. The second-order valence-electron chi connectivity index (χ2n) is 6.17. The van der Waals surface area contributed by atoms with Crippen molar-refractivity contribution in [2.45, 2.75) is 53.7 Å². The third kappa shape index (κ3) is 3.75. The summed E-state index contributed by atoms with van der Waals surface area (Å²) in [6.07, 6.45) is 0. The van der Waals surface area contributed by atoms with Crippen LogP contribution in [0.1, 0.15) is 44.7 Å². The number of imidazole rings is 1. The molecule has 0 atom stereocenters. The molecule has 2 N–H and O–H groups in total. The van der Waals surface area contributed by atoms with Gasteiger partial charge in [0.05, 0.1) is 22.0 Å². The number of nitrogens with zero attached hydrogens (tertiary/aromatic N) is 2. The lowest BCUT2D eigenvalue weighted by atomic mass is 10.0. The van der Waals surface area contributed by atoms with Gasteiger partial charge in [-0.05, 0) is 57.9 Å². The average molecular weight is 378 g/mol. The predicted molar refractivity (Wildman–Crippen MR) is 105 cm³/mol. The minimum absolute atomic E-state index is 0.220. The molecule has 0 saturated carbocycles. The molecule has 0 spiro atoms. The first kappa shape index (κ1) is 20.0. The topological polar surface area (TPSA) is 101 Å². The zero-order valence-corrected chi connectivity index (χ0v) is 17.1. The molecule has 7 nitrogen and oxygen atoms in total. The van der Waals surface area contributed by atoms with Gasteiger partial charge in [0, 0.05) is 5.56 Å². The molecule has 0 fully saturated rings. The first-order valence-corrected chi connectivity index (χ1v) is 10.2. The van der Waals surface area contributed by atoms with Crippen LogP contribution in [0.25, 0.3) is 22.2 Å². The highest BCUT2D eigenvalue weighted by atomic mass is 32.2. The van der Waals surface area contributed by atoms with Gasteiger partial charge >= 0.3 is 0 Å². The van der Waals surface area contributed by atoms with Crippen LogP contribution >= 0.6 is 0 Å². The third-order valence-corrected chi connectivity index (χ3v) is 5.68. The number of aryl methyl sites for hydroxylation is 3. The Kier molecular flexibility index (Phi) is 5.75. The number of rotatable bonds is 4. The lowest BCUT2D eigenvalue weighted by Crippen LogP contribution is -2.23. The molecule has 142 valence electrons. The summed E-state index contributed by atoms with van der Waals surface area (Å²) in [5.41, 5.74) is 5.13. The summed E-state index contributed by atoms with van der Waals surface area (Å²) in [7, 11) is -3.45. The van der Waals surface area contributed by atoms with Crippen LogP contribution in [-0.4, -0.2) is 28.8 Å². The Bertz CT molecular complexity index is 997. The summed E-state index contributed by atoms with van der Waals surface area (Å²) in [6, 6.07) is 3.92. The van der Waals surface area contributed by atoms with Gasteiger partial charge in [0.25, 0.3) is 0 Å². The molecular weight excluding hydrogens is 352 g/mol. The van der Waals surface area contributed by atoms with Crippen molar-refractivity contribution in [3.8, 4) is 11.1 Å². The van der Waals surface area contributed by atoms with Gasteiger partial charge < -0.3 is 9.51 Å². The molecule has 0 unspecified atom stereocenters. The number of nitrogens with one attached hydrogen (secondary N) is 2. The molecule has 3 rings (SSSR count). The minimum Gasteiger partial charge on any atom is -0.361 e. The van der Waals surface area contributed by atoms with Crippen LogP contribution in [0.4, 0.5) is 5.95 Å². The van der Waals surface area contributed by atoms with E-state index in [2.05, 4.69) is 19.8 Å². The number of sulfonamides is 1. The van der Waals surface area contributed by atoms with Crippen molar-refractivity contribution in [3.05, 3.63) is 29.2 Å². The van der Waals surface area contributed by atoms with E-state index in [0.717, 1.165) is 39.2 Å². The van der Waals surface area contributed by atoms with E-state index >= 15 is 0 Å². The van der Waals surface area contributed by atoms with E-state index in [1.165, 1.54) is 0 Å². The Morgan fingerprint density at radius 2 is 1.81 bits per heavy atom. The van der Waals surface area contributed by atoms with Gasteiger partial charge in [-0.1, -0.05) is 19.0 Å². The van der Waals surface area contributed by atoms with E-state index in [-0.39, 0.29) is 5.95 Å². The maximum atomic E-state index is 12.0. The summed E-state index contributed by atoms with van der Waals surface area (Å²) in [5, 5.41) is 3.45. The average Bonchev–Trinajstić information content (AvgIpc) is 3.11. The molecule has 3 aromatic rings. The molecule has 0 amide bonds. The van der Waals surface area contributed by atoms with Crippen molar-refractivity contribution in [1.82, 2.24) is 15.1 Å². The Labute approximate surface area is 154 Å². The molecule has 26 heavy (non-hydrogen) atoms. The molecule has 1 aromatic carbocycles. The highest BCUT2D eigenvalue weighted by molar-refractivity contribution is 7.93. The Morgan fingerprint density at radius 3 is 2.35 bits per heavy atom. The molecule has 8 heteroatoms. The van der Waals surface area contributed by atoms with Crippen LogP contribution in [-0.2, 0) is 10.0 Å². The van der Waals surface area contributed by atoms with E-state index in [0.29, 0.717) is 0 Å². The molecule has 0 aliphatic heterocycles. The number of aromatic nitrogens is 3. The fourth-order valence-electron chi connectivity index (χ4n) is 2.63. The smallest absolute Gasteiger partial charge is 0.237 e. The number of anilines is 1. The first-order valence-electron chi connectivity index (χ1n) is 8.64. The van der Waals surface area contributed by atoms with Crippen molar-refractivity contribution < 1.29 is 12.9 Å². The molecule has 0 bridgehead atoms. The summed E-state index contributed by atoms with van der Waals surface area (Å²) in [4.78, 5) is 7.40. The normalized spacial score (nSPS) is 11.5. The quantitative estimate of drug-likeness (QED) is 0.704. The summed E-state index contributed by atoms with van der Waals surface area (Å²) >= 11 is 0. The Hall–Kier alpha value is -2.35. The molecule has 0 aliphatic rings. The highest BCUT2D eigenvalue weighted by Gasteiger charge is 2.19. The largest absolute Gasteiger partial charge is 0.361 e. The van der Waals surface area contributed by atoms with Crippen molar-refractivity contribution in [1.29, 1.82) is 0 Å². The van der Waals surface area contributed by atoms with Gasteiger partial charge in [-0.3, -0.25) is 4.72 Å². The molecule has 2 aromatic heterocycles. The van der Waals surface area contributed by atoms with Crippen LogP contribution in [0.2, 0.25) is 0 Å². The monoisotopic (exact) mass is 378 g/mol. The lowest BCUT2D eigenvalue weighted by Gasteiger charge is -2.07. The van der Waals surface area contributed by atoms with E-state index in [4.69, 9.17) is 4.52 Å². The molecule has 0 radical (unpaired) electrons. The Morgan fingerprint density at radius 1 is 1.15 bits per heavy atom. The van der Waals surface area contributed by atoms with Crippen LogP contribution in [0, 0.1) is 20.8 Å². The van der Waals surface area contributed by atoms with Gasteiger partial charge in [-0.15, -0.1) is 0 Å². The van der Waals surface area contributed by atoms with Crippen molar-refractivity contribution in [2.24, 2.45) is 0 Å². The fourth-order valence-corrected chi connectivity index (χ4v) is 3.23. The summed E-state index contributed by atoms with van der Waals surface area (Å²) < 4.78 is 31.7. The van der Waals surface area contributed by atoms with Crippen molar-refractivity contribution in [2.75, 3.05) is 4.72 Å². The number of benzene rings is 1. The standard InChI is InChI=1S/C16H20N4O3S.C2H6/c1-8(2)24(21,22)20-16-17-13-7-12(6-9(3)15(13)18-16)14-10(4)19-23-11(14)5;1-2/h6-8H,1-5H3,(H2,17,18,20);1-2H3. The zero-order valence-electron chi connectivity index (χ0n) is 16.3. The number of H-pyrrole nitrogens is 1. The van der Waals surface area contributed by atoms with Crippen LogP contribution in [0.3, 0.4) is 0 Å². The van der Waals surface area contributed by atoms with E-state index < -0.39 is 15.3 Å². The predicted octanol–water partition coefficient (Wildman–Crippen LogP) is 4.32. The number of hydrogen-bond donors (Lipinski definition) is 2. The van der Waals surface area contributed by atoms with Crippen LogP contribution in [0.5, 0.6) is 0 Å². The molecule has 0 saturated heterocycles. The number of hydrogen-bond acceptors (Lipinski definition) is 5. The third-order valence-electron chi connectivity index (χ3n) is 3.96. The fraction of sp³-hybridized carbons (Fsp3) is 0.444. The second-order valence-corrected chi connectivity index (χ2v) is 8.41. The van der Waals surface area contributed by atoms with Gasteiger partial charge in [0.15, 0.2) is 0 Å². The second kappa shape index (κ2) is 7.49. The van der Waals surface area contributed by atoms with Gasteiger partial charge in [0.1, 0.15) is 5.76 Å². The van der Waals surface area contributed by atoms with Crippen molar-refractivity contribution in [3.63, 3.8) is 0 Å². The lowest BCUT2D eigenvalue weighted by molar-refractivity contribution is 0.393.